The Balaban J connectivity index is 1.27. The third kappa shape index (κ3) is 4.95. The number of rotatable bonds is 6. The van der Waals surface area contributed by atoms with Crippen molar-refractivity contribution in [1.29, 1.82) is 0 Å². The number of thioether (sulfide) groups is 1. The van der Waals surface area contributed by atoms with E-state index in [4.69, 9.17) is 4.74 Å². The van der Waals surface area contributed by atoms with Crippen LogP contribution in [0.25, 0.3) is 16.8 Å². The van der Waals surface area contributed by atoms with E-state index in [1.807, 2.05) is 42.5 Å². The van der Waals surface area contributed by atoms with E-state index in [2.05, 4.69) is 50.8 Å². The van der Waals surface area contributed by atoms with E-state index in [1.54, 1.807) is 18.2 Å². The topological polar surface area (TPSA) is 50.4 Å². The Labute approximate surface area is 209 Å². The van der Waals surface area contributed by atoms with E-state index >= 15 is 0 Å². The zero-order chi connectivity index (χ0) is 23.5. The zero-order valence-electron chi connectivity index (χ0n) is 17.9. The summed E-state index contributed by atoms with van der Waals surface area (Å²) < 4.78 is 20.8. The summed E-state index contributed by atoms with van der Waals surface area (Å²) in [6.07, 6.45) is 1.81. The summed E-state index contributed by atoms with van der Waals surface area (Å²) in [4.78, 5) is 13.0. The number of fused-ring (bicyclic) bond motifs is 1. The summed E-state index contributed by atoms with van der Waals surface area (Å²) in [5, 5.41) is 8.18. The Morgan fingerprint density at radius 3 is 2.68 bits per heavy atom. The Hall–Kier alpha value is -3.29. The molecule has 0 bridgehead atoms. The molecule has 4 nitrogen and oxygen atoms in total. The van der Waals surface area contributed by atoms with Crippen molar-refractivity contribution in [3.8, 4) is 5.75 Å². The van der Waals surface area contributed by atoms with Crippen molar-refractivity contribution in [3.63, 3.8) is 0 Å². The molecule has 5 rings (SSSR count). The fourth-order valence-electron chi connectivity index (χ4n) is 3.73. The number of anilines is 1. The predicted molar refractivity (Wildman–Crippen MR) is 140 cm³/mol. The molecule has 0 saturated carbocycles. The Bertz CT molecular complexity index is 1400. The summed E-state index contributed by atoms with van der Waals surface area (Å²) in [5.74, 6) is 0.154. The molecule has 7 heteroatoms. The number of nitrogens with one attached hydrogen (secondary N) is 2. The van der Waals surface area contributed by atoms with Crippen LogP contribution in [-0.4, -0.2) is 11.4 Å². The van der Waals surface area contributed by atoms with E-state index < -0.39 is 5.50 Å². The van der Waals surface area contributed by atoms with E-state index in [-0.39, 0.29) is 11.7 Å². The van der Waals surface area contributed by atoms with Crippen LogP contribution in [-0.2, 0) is 11.4 Å². The molecule has 1 heterocycles. The van der Waals surface area contributed by atoms with Gasteiger partial charge in [0.2, 0.25) is 0 Å². The molecule has 0 aliphatic carbocycles. The Kier molecular flexibility index (Phi) is 6.56. The van der Waals surface area contributed by atoms with Crippen LogP contribution < -0.4 is 15.4 Å². The maximum absolute atomic E-state index is 13.9. The van der Waals surface area contributed by atoms with Gasteiger partial charge < -0.3 is 15.4 Å². The van der Waals surface area contributed by atoms with Gasteiger partial charge in [-0.2, -0.15) is 0 Å². The highest BCUT2D eigenvalue weighted by Gasteiger charge is 2.27. The summed E-state index contributed by atoms with van der Waals surface area (Å²) >= 11 is 4.90. The normalized spacial score (nSPS) is 16.6. The van der Waals surface area contributed by atoms with Crippen molar-refractivity contribution in [2.24, 2.45) is 0 Å². The number of hydrogen-bond acceptors (Lipinski definition) is 4. The molecule has 0 aromatic heterocycles. The average Bonchev–Trinajstić information content (AvgIpc) is 3.18. The molecule has 4 aromatic rings. The number of carbonyl (C=O) groups excluding carboxylic acids is 1. The Morgan fingerprint density at radius 1 is 1.03 bits per heavy atom. The first-order valence-corrected chi connectivity index (χ1v) is 12.3. The summed E-state index contributed by atoms with van der Waals surface area (Å²) in [6.45, 7) is 0.446. The van der Waals surface area contributed by atoms with E-state index in [9.17, 15) is 9.18 Å². The minimum Gasteiger partial charge on any atom is -0.488 e. The van der Waals surface area contributed by atoms with Crippen LogP contribution in [0.4, 0.5) is 10.1 Å². The average molecular weight is 535 g/mol. The van der Waals surface area contributed by atoms with Crippen LogP contribution in [0.15, 0.2) is 94.3 Å². The van der Waals surface area contributed by atoms with Gasteiger partial charge in [-0.15, -0.1) is 0 Å². The maximum atomic E-state index is 13.9. The van der Waals surface area contributed by atoms with Gasteiger partial charge in [-0.3, -0.25) is 4.79 Å². The molecule has 1 unspecified atom stereocenters. The fourth-order valence-corrected chi connectivity index (χ4v) is 5.22. The van der Waals surface area contributed by atoms with Gasteiger partial charge in [0, 0.05) is 0 Å². The molecule has 1 atom stereocenters. The molecule has 34 heavy (non-hydrogen) atoms. The van der Waals surface area contributed by atoms with Crippen molar-refractivity contribution < 1.29 is 13.9 Å². The summed E-state index contributed by atoms with van der Waals surface area (Å²) in [5.41, 5.74) is 1.87. The maximum Gasteiger partial charge on any atom is 0.260 e. The molecule has 0 radical (unpaired) electrons. The number of hydrogen-bond donors (Lipinski definition) is 2. The Morgan fingerprint density at radius 2 is 1.82 bits per heavy atom. The monoisotopic (exact) mass is 534 g/mol. The van der Waals surface area contributed by atoms with Gasteiger partial charge in [-0.1, -0.05) is 72.4 Å². The second-order valence-electron chi connectivity index (χ2n) is 7.72. The van der Waals surface area contributed by atoms with Crippen molar-refractivity contribution in [2.45, 2.75) is 12.1 Å². The van der Waals surface area contributed by atoms with Gasteiger partial charge in [0.25, 0.3) is 5.91 Å². The summed E-state index contributed by atoms with van der Waals surface area (Å²) in [7, 11) is 0. The van der Waals surface area contributed by atoms with Crippen LogP contribution in [0.1, 0.15) is 11.1 Å². The summed E-state index contributed by atoms with van der Waals surface area (Å²) in [6, 6.07) is 26.5. The number of amides is 1. The molecule has 1 saturated heterocycles. The highest BCUT2D eigenvalue weighted by molar-refractivity contribution is 9.10. The number of ether oxygens (including phenoxy) is 1. The fraction of sp³-hybridized carbons (Fsp3) is 0.0741. The lowest BCUT2D eigenvalue weighted by Crippen LogP contribution is -2.31. The number of halogens is 2. The van der Waals surface area contributed by atoms with Crippen LogP contribution in [0.2, 0.25) is 0 Å². The number of benzene rings is 4. The molecule has 4 aromatic carbocycles. The van der Waals surface area contributed by atoms with Gasteiger partial charge in [0.05, 0.1) is 15.1 Å². The third-order valence-corrected chi connectivity index (χ3v) is 7.06. The second-order valence-corrected chi connectivity index (χ2v) is 9.72. The lowest BCUT2D eigenvalue weighted by Gasteiger charge is -2.13. The van der Waals surface area contributed by atoms with Gasteiger partial charge in [-0.25, -0.2) is 4.39 Å². The van der Waals surface area contributed by atoms with Crippen LogP contribution in [0, 0.1) is 5.82 Å². The number of carbonyl (C=O) groups is 1. The highest BCUT2D eigenvalue weighted by atomic mass is 79.9. The van der Waals surface area contributed by atoms with Crippen LogP contribution >= 0.6 is 27.7 Å². The first kappa shape index (κ1) is 22.5. The standard InChI is InChI=1S/C27H20BrFN2O2S/c28-21-14-17(15-25-26(32)31-27(34-25)30-23-11-4-3-10-22(23)29)12-13-24(21)33-16-19-8-5-7-18-6-1-2-9-20(18)19/h1-15,27,30H,16H2,(H,31,32)/b25-15-. The second kappa shape index (κ2) is 9.91. The van der Waals surface area contributed by atoms with Crippen molar-refractivity contribution in [1.82, 2.24) is 5.32 Å². The molecule has 1 aliphatic heterocycles. The largest absolute Gasteiger partial charge is 0.488 e. The van der Waals surface area contributed by atoms with Gasteiger partial charge >= 0.3 is 0 Å². The SMILES string of the molecule is O=C1NC(Nc2ccccc2F)S/C1=C\c1ccc(OCc2cccc3ccccc23)c(Br)c1. The molecule has 170 valence electrons. The smallest absolute Gasteiger partial charge is 0.260 e. The van der Waals surface area contributed by atoms with Crippen LogP contribution in [0.5, 0.6) is 5.75 Å². The zero-order valence-corrected chi connectivity index (χ0v) is 20.3. The molecular weight excluding hydrogens is 515 g/mol. The van der Waals surface area contributed by atoms with Crippen molar-refractivity contribution in [3.05, 3.63) is 111 Å². The van der Waals surface area contributed by atoms with E-state index in [0.29, 0.717) is 17.2 Å². The molecule has 2 N–H and O–H groups in total. The highest BCUT2D eigenvalue weighted by Crippen LogP contribution is 2.33. The first-order valence-electron chi connectivity index (χ1n) is 10.7. The van der Waals surface area contributed by atoms with E-state index in [0.717, 1.165) is 21.3 Å². The first-order chi connectivity index (χ1) is 16.6. The van der Waals surface area contributed by atoms with Crippen molar-refractivity contribution in [2.75, 3.05) is 5.32 Å². The quantitative estimate of drug-likeness (QED) is 0.263. The lowest BCUT2D eigenvalue weighted by atomic mass is 10.1. The van der Waals surface area contributed by atoms with Crippen LogP contribution in [0.3, 0.4) is 0 Å². The minimum atomic E-state index is -0.442. The molecular formula is C27H20BrFN2O2S. The predicted octanol–water partition coefficient (Wildman–Crippen LogP) is 6.92. The third-order valence-electron chi connectivity index (χ3n) is 5.41. The van der Waals surface area contributed by atoms with Crippen molar-refractivity contribution >= 4 is 56.1 Å². The molecule has 1 fully saturated rings. The van der Waals surface area contributed by atoms with E-state index in [1.165, 1.54) is 28.6 Å². The minimum absolute atomic E-state index is 0.203. The molecule has 1 aliphatic rings. The van der Waals surface area contributed by atoms with Gasteiger partial charge in [0.15, 0.2) is 5.50 Å². The van der Waals surface area contributed by atoms with Gasteiger partial charge in [0.1, 0.15) is 18.2 Å². The lowest BCUT2D eigenvalue weighted by molar-refractivity contribution is -0.116. The number of para-hydroxylation sites is 1. The van der Waals surface area contributed by atoms with Gasteiger partial charge in [-0.05, 0) is 68.2 Å². The molecule has 1 amide bonds. The molecule has 0 spiro atoms.